The maximum Gasteiger partial charge on any atom is 0.303 e. The number of sulfonamides is 1. The molecule has 0 spiro atoms. The molecule has 8 nitrogen and oxygen atoms in total. The third kappa shape index (κ3) is 6.34. The van der Waals surface area contributed by atoms with Gasteiger partial charge in [-0.1, -0.05) is 48.5 Å². The topological polar surface area (TPSA) is 113 Å². The quantitative estimate of drug-likeness (QED) is 0.360. The van der Waals surface area contributed by atoms with Crippen molar-refractivity contribution in [3.63, 3.8) is 0 Å². The molecular weight excluding hydrogens is 464 g/mol. The fourth-order valence-corrected chi connectivity index (χ4v) is 5.03. The van der Waals surface area contributed by atoms with Crippen molar-refractivity contribution in [3.8, 4) is 11.3 Å². The van der Waals surface area contributed by atoms with Crippen LogP contribution in [0, 0.1) is 0 Å². The Morgan fingerprint density at radius 2 is 1.57 bits per heavy atom. The lowest BCUT2D eigenvalue weighted by molar-refractivity contribution is -0.136. The maximum absolute atomic E-state index is 13.5. The molecule has 0 saturated carbocycles. The average molecular weight is 489 g/mol. The van der Waals surface area contributed by atoms with Gasteiger partial charge in [-0.25, -0.2) is 8.42 Å². The van der Waals surface area contributed by atoms with Gasteiger partial charge in [-0.3, -0.25) is 19.7 Å². The van der Waals surface area contributed by atoms with Crippen molar-refractivity contribution >= 4 is 16.0 Å². The van der Waals surface area contributed by atoms with E-state index in [-0.39, 0.29) is 24.4 Å². The van der Waals surface area contributed by atoms with Gasteiger partial charge in [0.25, 0.3) is 0 Å². The Morgan fingerprint density at radius 1 is 0.829 bits per heavy atom. The van der Waals surface area contributed by atoms with Gasteiger partial charge in [0.1, 0.15) is 4.90 Å². The highest BCUT2D eigenvalue weighted by Gasteiger charge is 2.25. The maximum atomic E-state index is 13.5. The smallest absolute Gasteiger partial charge is 0.303 e. The number of hydrogen-bond donors (Lipinski definition) is 1. The Labute approximate surface area is 204 Å². The van der Waals surface area contributed by atoms with Crippen molar-refractivity contribution in [2.45, 2.75) is 30.8 Å². The molecule has 35 heavy (non-hydrogen) atoms. The number of aromatic nitrogens is 3. The van der Waals surface area contributed by atoms with Crippen molar-refractivity contribution in [3.05, 3.63) is 108 Å². The molecule has 0 aliphatic heterocycles. The van der Waals surface area contributed by atoms with Crippen LogP contribution in [0.5, 0.6) is 0 Å². The number of pyridine rings is 1. The Kier molecular flexibility index (Phi) is 7.59. The van der Waals surface area contributed by atoms with E-state index >= 15 is 0 Å². The van der Waals surface area contributed by atoms with E-state index in [0.717, 1.165) is 27.9 Å². The predicted molar refractivity (Wildman–Crippen MR) is 131 cm³/mol. The van der Waals surface area contributed by atoms with Crippen molar-refractivity contribution in [1.29, 1.82) is 0 Å². The molecule has 9 heteroatoms. The van der Waals surface area contributed by atoms with E-state index < -0.39 is 16.0 Å². The van der Waals surface area contributed by atoms with Crippen molar-refractivity contribution in [2.24, 2.45) is 0 Å². The molecule has 178 valence electrons. The molecular formula is C26H24N4O4S. The number of benzene rings is 2. The summed E-state index contributed by atoms with van der Waals surface area (Å²) < 4.78 is 28.4. The van der Waals surface area contributed by atoms with Crippen LogP contribution in [0.3, 0.4) is 0 Å². The Hall–Kier alpha value is -3.95. The molecule has 1 N–H and O–H groups in total. The van der Waals surface area contributed by atoms with Crippen LogP contribution >= 0.6 is 0 Å². The average Bonchev–Trinajstić information content (AvgIpc) is 2.89. The second kappa shape index (κ2) is 11.0. The summed E-state index contributed by atoms with van der Waals surface area (Å²) in [5.41, 5.74) is 4.05. The minimum Gasteiger partial charge on any atom is -0.481 e. The Balaban J connectivity index is 1.61. The standard InChI is InChI=1S/C26H24N4O4S/c31-26(32)11-8-20-3-1-4-22(15-20)19-30(35(33,34)24-5-2-12-27-16-24)18-21-6-9-23(10-7-21)25-17-28-13-14-29-25/h1-7,9-10,12-17H,8,11,18-19H2,(H,31,32). The lowest BCUT2D eigenvalue weighted by Gasteiger charge is -2.23. The summed E-state index contributed by atoms with van der Waals surface area (Å²) in [6.07, 6.45) is 8.15. The number of carbonyl (C=O) groups is 1. The highest BCUT2D eigenvalue weighted by molar-refractivity contribution is 7.89. The van der Waals surface area contributed by atoms with Crippen LogP contribution in [0.15, 0.2) is 96.5 Å². The van der Waals surface area contributed by atoms with Gasteiger partial charge in [-0.05, 0) is 35.2 Å². The summed E-state index contributed by atoms with van der Waals surface area (Å²) in [7, 11) is -3.84. The monoisotopic (exact) mass is 488 g/mol. The number of rotatable bonds is 10. The van der Waals surface area contributed by atoms with Gasteiger partial charge in [0, 0.05) is 49.9 Å². The van der Waals surface area contributed by atoms with Crippen LogP contribution in [0.2, 0.25) is 0 Å². The summed E-state index contributed by atoms with van der Waals surface area (Å²) in [6.45, 7) is 0.279. The highest BCUT2D eigenvalue weighted by Crippen LogP contribution is 2.23. The third-order valence-electron chi connectivity index (χ3n) is 5.42. The second-order valence-corrected chi connectivity index (χ2v) is 9.90. The molecule has 0 aliphatic rings. The van der Waals surface area contributed by atoms with Gasteiger partial charge < -0.3 is 5.11 Å². The van der Waals surface area contributed by atoms with E-state index in [9.17, 15) is 13.2 Å². The first-order valence-electron chi connectivity index (χ1n) is 11.0. The lowest BCUT2D eigenvalue weighted by Crippen LogP contribution is -2.30. The van der Waals surface area contributed by atoms with Crippen molar-refractivity contribution in [2.75, 3.05) is 0 Å². The van der Waals surface area contributed by atoms with E-state index in [1.807, 2.05) is 48.5 Å². The largest absolute Gasteiger partial charge is 0.481 e. The summed E-state index contributed by atoms with van der Waals surface area (Å²) in [6, 6.07) is 18.0. The zero-order valence-corrected chi connectivity index (χ0v) is 19.7. The Morgan fingerprint density at radius 3 is 2.26 bits per heavy atom. The molecule has 4 aromatic rings. The number of carboxylic acids is 1. The third-order valence-corrected chi connectivity index (χ3v) is 7.20. The van der Waals surface area contributed by atoms with Crippen LogP contribution in [-0.4, -0.2) is 38.8 Å². The van der Waals surface area contributed by atoms with E-state index in [4.69, 9.17) is 5.11 Å². The molecule has 0 bridgehead atoms. The van der Waals surface area contributed by atoms with E-state index in [1.54, 1.807) is 24.7 Å². The molecule has 2 aromatic carbocycles. The molecule has 0 unspecified atom stereocenters. The van der Waals surface area contributed by atoms with Crippen LogP contribution in [-0.2, 0) is 34.3 Å². The van der Waals surface area contributed by atoms with Crippen molar-refractivity contribution < 1.29 is 18.3 Å². The molecule has 0 fully saturated rings. The summed E-state index contributed by atoms with van der Waals surface area (Å²) in [5.74, 6) is -0.874. The van der Waals surface area contributed by atoms with Gasteiger partial charge in [-0.2, -0.15) is 4.31 Å². The molecule has 0 amide bonds. The first kappa shape index (κ1) is 24.2. The Bertz CT molecular complexity index is 1380. The zero-order chi connectivity index (χ0) is 24.7. The lowest BCUT2D eigenvalue weighted by atomic mass is 10.1. The first-order chi connectivity index (χ1) is 16.9. The van der Waals surface area contributed by atoms with Crippen LogP contribution in [0.25, 0.3) is 11.3 Å². The summed E-state index contributed by atoms with van der Waals surface area (Å²) in [4.78, 5) is 23.4. The number of aryl methyl sites for hydroxylation is 1. The number of aliphatic carboxylic acids is 1. The predicted octanol–water partition coefficient (Wildman–Crippen LogP) is 3.95. The SMILES string of the molecule is O=C(O)CCc1cccc(CN(Cc2ccc(-c3cnccn3)cc2)S(=O)(=O)c2cccnc2)c1. The fourth-order valence-electron chi connectivity index (χ4n) is 3.65. The minimum atomic E-state index is -3.84. The molecule has 0 aliphatic carbocycles. The molecule has 4 rings (SSSR count). The minimum absolute atomic E-state index is 0.0132. The van der Waals surface area contributed by atoms with Gasteiger partial charge >= 0.3 is 5.97 Å². The highest BCUT2D eigenvalue weighted by atomic mass is 32.2. The molecule has 2 heterocycles. The van der Waals surface area contributed by atoms with E-state index in [2.05, 4.69) is 15.0 Å². The first-order valence-corrected chi connectivity index (χ1v) is 12.4. The van der Waals surface area contributed by atoms with Crippen LogP contribution in [0.1, 0.15) is 23.1 Å². The second-order valence-electron chi connectivity index (χ2n) is 7.96. The van der Waals surface area contributed by atoms with Crippen molar-refractivity contribution in [1.82, 2.24) is 19.3 Å². The number of carboxylic acid groups (broad SMARTS) is 1. The van der Waals surface area contributed by atoms with Crippen LogP contribution in [0.4, 0.5) is 0 Å². The van der Waals surface area contributed by atoms with E-state index in [0.29, 0.717) is 6.42 Å². The number of nitrogens with zero attached hydrogens (tertiary/aromatic N) is 4. The molecule has 0 radical (unpaired) electrons. The molecule has 0 atom stereocenters. The molecule has 0 saturated heterocycles. The van der Waals surface area contributed by atoms with Crippen LogP contribution < -0.4 is 0 Å². The van der Waals surface area contributed by atoms with Gasteiger partial charge in [0.15, 0.2) is 0 Å². The van der Waals surface area contributed by atoms with Gasteiger partial charge in [0.2, 0.25) is 10.0 Å². The van der Waals surface area contributed by atoms with E-state index in [1.165, 1.54) is 22.8 Å². The number of hydrogen-bond acceptors (Lipinski definition) is 6. The summed E-state index contributed by atoms with van der Waals surface area (Å²) >= 11 is 0. The summed E-state index contributed by atoms with van der Waals surface area (Å²) in [5, 5.41) is 8.98. The fraction of sp³-hybridized carbons (Fsp3) is 0.154. The van der Waals surface area contributed by atoms with Gasteiger partial charge in [-0.15, -0.1) is 0 Å². The molecule has 2 aromatic heterocycles. The van der Waals surface area contributed by atoms with Gasteiger partial charge in [0.05, 0.1) is 11.9 Å². The normalized spacial score (nSPS) is 11.5. The zero-order valence-electron chi connectivity index (χ0n) is 18.9.